The molecule has 1 aliphatic heterocycles. The summed E-state index contributed by atoms with van der Waals surface area (Å²) in [6.07, 6.45) is 0.200. The van der Waals surface area contributed by atoms with Crippen LogP contribution in [-0.2, 0) is 11.3 Å². The maximum absolute atomic E-state index is 10.7. The fourth-order valence-electron chi connectivity index (χ4n) is 2.23. The summed E-state index contributed by atoms with van der Waals surface area (Å²) in [5.74, 6) is -0.732. The van der Waals surface area contributed by atoms with Crippen molar-refractivity contribution >= 4 is 5.97 Å². The molecule has 0 unspecified atom stereocenters. The van der Waals surface area contributed by atoms with E-state index in [4.69, 9.17) is 5.11 Å². The summed E-state index contributed by atoms with van der Waals surface area (Å²) in [5.41, 5.74) is 1.28. The van der Waals surface area contributed by atoms with Gasteiger partial charge in [-0.2, -0.15) is 0 Å². The molecule has 0 radical (unpaired) electrons. The van der Waals surface area contributed by atoms with Crippen molar-refractivity contribution in [1.29, 1.82) is 0 Å². The second-order valence-corrected chi connectivity index (χ2v) is 4.47. The molecule has 0 aromatic heterocycles. The third-order valence-corrected chi connectivity index (χ3v) is 3.01. The highest BCUT2D eigenvalue weighted by molar-refractivity contribution is 5.67. The summed E-state index contributed by atoms with van der Waals surface area (Å²) < 4.78 is 0. The maximum Gasteiger partial charge on any atom is 0.304 e. The van der Waals surface area contributed by atoms with Gasteiger partial charge < -0.3 is 10.4 Å². The second-order valence-electron chi connectivity index (χ2n) is 4.47. The molecule has 1 fully saturated rings. The minimum Gasteiger partial charge on any atom is -0.481 e. The van der Waals surface area contributed by atoms with Gasteiger partial charge in [0.1, 0.15) is 0 Å². The molecule has 2 N–H and O–H groups in total. The number of aliphatic carboxylic acids is 1. The van der Waals surface area contributed by atoms with Crippen LogP contribution >= 0.6 is 0 Å². The molecule has 0 saturated carbocycles. The Balaban J connectivity index is 1.87. The zero-order valence-electron chi connectivity index (χ0n) is 9.80. The first-order chi connectivity index (χ1) is 8.24. The van der Waals surface area contributed by atoms with Gasteiger partial charge in [0.15, 0.2) is 0 Å². The topological polar surface area (TPSA) is 52.6 Å². The van der Waals surface area contributed by atoms with Gasteiger partial charge in [-0.15, -0.1) is 0 Å². The van der Waals surface area contributed by atoms with Crippen molar-refractivity contribution in [2.45, 2.75) is 19.0 Å². The highest BCUT2D eigenvalue weighted by atomic mass is 16.4. The molecule has 17 heavy (non-hydrogen) atoms. The SMILES string of the molecule is O=C(O)C[C@@H]1CN(Cc2ccccc2)CCN1. The molecular weight excluding hydrogens is 216 g/mol. The second kappa shape index (κ2) is 5.80. The number of hydrogen-bond donors (Lipinski definition) is 2. The minimum absolute atomic E-state index is 0.0740. The van der Waals surface area contributed by atoms with Gasteiger partial charge in [-0.3, -0.25) is 9.69 Å². The number of carbonyl (C=O) groups is 1. The molecule has 1 aliphatic rings. The van der Waals surface area contributed by atoms with Gasteiger partial charge in [-0.1, -0.05) is 30.3 Å². The quantitative estimate of drug-likeness (QED) is 0.814. The normalized spacial score (nSPS) is 21.3. The Morgan fingerprint density at radius 2 is 2.18 bits per heavy atom. The molecule has 2 rings (SSSR count). The van der Waals surface area contributed by atoms with Gasteiger partial charge in [0.25, 0.3) is 0 Å². The molecule has 0 aliphatic carbocycles. The van der Waals surface area contributed by atoms with Crippen LogP contribution in [0.3, 0.4) is 0 Å². The predicted molar refractivity (Wildman–Crippen MR) is 65.8 cm³/mol. The van der Waals surface area contributed by atoms with E-state index >= 15 is 0 Å². The summed E-state index contributed by atoms with van der Waals surface area (Å²) in [7, 11) is 0. The lowest BCUT2D eigenvalue weighted by molar-refractivity contribution is -0.137. The third kappa shape index (κ3) is 3.84. The van der Waals surface area contributed by atoms with Crippen LogP contribution in [0, 0.1) is 0 Å². The lowest BCUT2D eigenvalue weighted by Crippen LogP contribution is -2.50. The van der Waals surface area contributed by atoms with Crippen molar-refractivity contribution in [2.24, 2.45) is 0 Å². The zero-order chi connectivity index (χ0) is 12.1. The Hall–Kier alpha value is -1.39. The molecule has 0 bridgehead atoms. The molecule has 1 saturated heterocycles. The van der Waals surface area contributed by atoms with E-state index in [1.54, 1.807) is 0 Å². The fourth-order valence-corrected chi connectivity index (χ4v) is 2.23. The molecule has 4 heteroatoms. The van der Waals surface area contributed by atoms with Crippen molar-refractivity contribution in [3.63, 3.8) is 0 Å². The van der Waals surface area contributed by atoms with Gasteiger partial charge in [0.2, 0.25) is 0 Å². The van der Waals surface area contributed by atoms with Crippen LogP contribution in [0.2, 0.25) is 0 Å². The van der Waals surface area contributed by atoms with Crippen molar-refractivity contribution in [3.05, 3.63) is 35.9 Å². The summed E-state index contributed by atoms with van der Waals surface area (Å²) in [6, 6.07) is 10.4. The highest BCUT2D eigenvalue weighted by Gasteiger charge is 2.21. The zero-order valence-corrected chi connectivity index (χ0v) is 9.80. The third-order valence-electron chi connectivity index (χ3n) is 3.01. The van der Waals surface area contributed by atoms with Crippen molar-refractivity contribution < 1.29 is 9.90 Å². The van der Waals surface area contributed by atoms with E-state index in [0.717, 1.165) is 26.2 Å². The lowest BCUT2D eigenvalue weighted by Gasteiger charge is -2.33. The van der Waals surface area contributed by atoms with Gasteiger partial charge >= 0.3 is 5.97 Å². The van der Waals surface area contributed by atoms with Crippen LogP contribution in [0.1, 0.15) is 12.0 Å². The molecule has 1 aromatic rings. The van der Waals surface area contributed by atoms with E-state index in [0.29, 0.717) is 0 Å². The Morgan fingerprint density at radius 1 is 1.41 bits per heavy atom. The highest BCUT2D eigenvalue weighted by Crippen LogP contribution is 2.08. The van der Waals surface area contributed by atoms with Crippen LogP contribution in [0.4, 0.5) is 0 Å². The molecular formula is C13H18N2O2. The molecule has 1 atom stereocenters. The first-order valence-corrected chi connectivity index (χ1v) is 5.95. The number of piperazine rings is 1. The predicted octanol–water partition coefficient (Wildman–Crippen LogP) is 0.935. The minimum atomic E-state index is -0.732. The summed E-state index contributed by atoms with van der Waals surface area (Å²) in [5, 5.41) is 12.0. The van der Waals surface area contributed by atoms with Gasteiger partial charge in [0, 0.05) is 32.2 Å². The fraction of sp³-hybridized carbons (Fsp3) is 0.462. The first-order valence-electron chi connectivity index (χ1n) is 5.95. The summed E-state index contributed by atoms with van der Waals surface area (Å²) in [6.45, 7) is 3.55. The summed E-state index contributed by atoms with van der Waals surface area (Å²) in [4.78, 5) is 13.0. The molecule has 1 aromatic carbocycles. The van der Waals surface area contributed by atoms with Crippen LogP contribution in [-0.4, -0.2) is 41.7 Å². The number of carboxylic acids is 1. The Bertz CT molecular complexity index is 367. The number of nitrogens with one attached hydrogen (secondary N) is 1. The van der Waals surface area contributed by atoms with Crippen molar-refractivity contribution in [3.8, 4) is 0 Å². The van der Waals surface area contributed by atoms with E-state index in [1.807, 2.05) is 18.2 Å². The van der Waals surface area contributed by atoms with Crippen molar-refractivity contribution in [2.75, 3.05) is 19.6 Å². The average Bonchev–Trinajstić information content (AvgIpc) is 2.30. The van der Waals surface area contributed by atoms with Crippen LogP contribution < -0.4 is 5.32 Å². The van der Waals surface area contributed by atoms with E-state index in [2.05, 4.69) is 22.3 Å². The van der Waals surface area contributed by atoms with Crippen LogP contribution in [0.15, 0.2) is 30.3 Å². The maximum atomic E-state index is 10.7. The van der Waals surface area contributed by atoms with Crippen LogP contribution in [0.5, 0.6) is 0 Å². The monoisotopic (exact) mass is 234 g/mol. The van der Waals surface area contributed by atoms with Crippen molar-refractivity contribution in [1.82, 2.24) is 10.2 Å². The first kappa shape index (κ1) is 12.1. The lowest BCUT2D eigenvalue weighted by atomic mass is 10.1. The van der Waals surface area contributed by atoms with Crippen LogP contribution in [0.25, 0.3) is 0 Å². The van der Waals surface area contributed by atoms with Gasteiger partial charge in [-0.25, -0.2) is 0 Å². The largest absolute Gasteiger partial charge is 0.481 e. The number of benzene rings is 1. The number of rotatable bonds is 4. The Labute approximate surface area is 101 Å². The smallest absolute Gasteiger partial charge is 0.304 e. The molecule has 4 nitrogen and oxygen atoms in total. The number of hydrogen-bond acceptors (Lipinski definition) is 3. The Kier molecular flexibility index (Phi) is 4.12. The van der Waals surface area contributed by atoms with Gasteiger partial charge in [0.05, 0.1) is 6.42 Å². The molecule has 0 amide bonds. The number of carboxylic acid groups (broad SMARTS) is 1. The average molecular weight is 234 g/mol. The molecule has 1 heterocycles. The molecule has 0 spiro atoms. The van der Waals surface area contributed by atoms with E-state index < -0.39 is 5.97 Å². The van der Waals surface area contributed by atoms with E-state index in [1.165, 1.54) is 5.56 Å². The van der Waals surface area contributed by atoms with E-state index in [-0.39, 0.29) is 12.5 Å². The standard InChI is InChI=1S/C13H18N2O2/c16-13(17)8-12-10-15(7-6-14-12)9-11-4-2-1-3-5-11/h1-5,12,14H,6-10H2,(H,16,17)/t12-/m1/s1. The molecule has 92 valence electrons. The van der Waals surface area contributed by atoms with E-state index in [9.17, 15) is 4.79 Å². The Morgan fingerprint density at radius 3 is 2.88 bits per heavy atom. The van der Waals surface area contributed by atoms with Gasteiger partial charge in [-0.05, 0) is 5.56 Å². The number of nitrogens with zero attached hydrogens (tertiary/aromatic N) is 1. The summed E-state index contributed by atoms with van der Waals surface area (Å²) >= 11 is 0.